The Bertz CT molecular complexity index is 313. The number of nitrogens with one attached hydrogen (secondary N) is 1. The molecule has 0 amide bonds. The van der Waals surface area contributed by atoms with Gasteiger partial charge in [0.15, 0.2) is 0 Å². The molecule has 1 N–H and O–H groups in total. The third-order valence-electron chi connectivity index (χ3n) is 3.03. The van der Waals surface area contributed by atoms with Crippen LogP contribution in [0.25, 0.3) is 0 Å². The van der Waals surface area contributed by atoms with Crippen molar-refractivity contribution in [1.82, 2.24) is 5.32 Å². The van der Waals surface area contributed by atoms with Crippen molar-refractivity contribution in [2.75, 3.05) is 24.6 Å². The third-order valence-corrected chi connectivity index (χ3v) is 4.27. The van der Waals surface area contributed by atoms with Crippen molar-refractivity contribution in [2.24, 2.45) is 0 Å². The van der Waals surface area contributed by atoms with Crippen molar-refractivity contribution in [2.45, 2.75) is 32.6 Å². The number of benzene rings is 1. The van der Waals surface area contributed by atoms with Gasteiger partial charge in [0.2, 0.25) is 0 Å². The predicted molar refractivity (Wildman–Crippen MR) is 85.0 cm³/mol. The molecule has 0 spiro atoms. The molecule has 0 aliphatic heterocycles. The molecule has 0 aliphatic rings. The van der Waals surface area contributed by atoms with Crippen LogP contribution in [0.2, 0.25) is 5.02 Å². The second-order valence-electron chi connectivity index (χ2n) is 4.40. The van der Waals surface area contributed by atoms with Gasteiger partial charge >= 0.3 is 0 Å². The fourth-order valence-corrected chi connectivity index (χ4v) is 2.80. The molecule has 0 saturated carbocycles. The summed E-state index contributed by atoms with van der Waals surface area (Å²) in [6, 6.07) is 8.32. The molecular formula is C15H24ClNS. The fraction of sp³-hybridized carbons (Fsp3) is 0.600. The van der Waals surface area contributed by atoms with Crippen molar-refractivity contribution in [3.8, 4) is 0 Å². The second kappa shape index (κ2) is 9.71. The maximum absolute atomic E-state index is 5.95. The number of likely N-dealkylation sites (N-methyl/N-ethyl adjacent to an activating group) is 1. The largest absolute Gasteiger partial charge is 0.316 e. The van der Waals surface area contributed by atoms with E-state index in [2.05, 4.69) is 31.3 Å². The molecule has 0 aromatic heterocycles. The lowest BCUT2D eigenvalue weighted by atomic mass is 9.94. The summed E-state index contributed by atoms with van der Waals surface area (Å²) in [6.07, 6.45) is 2.54. The van der Waals surface area contributed by atoms with Gasteiger partial charge in [-0.15, -0.1) is 0 Å². The van der Waals surface area contributed by atoms with E-state index in [4.69, 9.17) is 11.6 Å². The van der Waals surface area contributed by atoms with E-state index in [1.807, 2.05) is 23.9 Å². The van der Waals surface area contributed by atoms with E-state index < -0.39 is 0 Å². The summed E-state index contributed by atoms with van der Waals surface area (Å²) in [4.78, 5) is 0. The Balaban J connectivity index is 2.51. The van der Waals surface area contributed by atoms with Crippen LogP contribution in [-0.2, 0) is 0 Å². The van der Waals surface area contributed by atoms with Crippen LogP contribution in [0.3, 0.4) is 0 Å². The molecule has 1 rings (SSSR count). The monoisotopic (exact) mass is 285 g/mol. The zero-order valence-corrected chi connectivity index (χ0v) is 13.0. The van der Waals surface area contributed by atoms with Crippen LogP contribution < -0.4 is 5.32 Å². The summed E-state index contributed by atoms with van der Waals surface area (Å²) in [7, 11) is 0. The highest BCUT2D eigenvalue weighted by molar-refractivity contribution is 7.99. The number of thioether (sulfide) groups is 1. The van der Waals surface area contributed by atoms with Gasteiger partial charge in [0.05, 0.1) is 0 Å². The highest BCUT2D eigenvalue weighted by atomic mass is 35.5. The molecule has 1 nitrogen and oxygen atoms in total. The van der Waals surface area contributed by atoms with Crippen LogP contribution in [-0.4, -0.2) is 24.6 Å². The van der Waals surface area contributed by atoms with Crippen LogP contribution in [0.4, 0.5) is 0 Å². The molecule has 3 heteroatoms. The number of rotatable bonds is 9. The van der Waals surface area contributed by atoms with Gasteiger partial charge in [0.1, 0.15) is 0 Å². The Morgan fingerprint density at radius 3 is 2.56 bits per heavy atom. The van der Waals surface area contributed by atoms with Crippen molar-refractivity contribution in [1.29, 1.82) is 0 Å². The average Bonchev–Trinajstić information content (AvgIpc) is 2.39. The average molecular weight is 286 g/mol. The highest BCUT2D eigenvalue weighted by Crippen LogP contribution is 2.23. The van der Waals surface area contributed by atoms with E-state index in [0.717, 1.165) is 18.1 Å². The molecule has 0 aliphatic carbocycles. The molecule has 0 bridgehead atoms. The second-order valence-corrected chi connectivity index (χ2v) is 6.23. The Morgan fingerprint density at radius 1 is 1.22 bits per heavy atom. The molecule has 18 heavy (non-hydrogen) atoms. The van der Waals surface area contributed by atoms with Gasteiger partial charge in [-0.1, -0.05) is 37.6 Å². The SMILES string of the molecule is CCNCC(CCCSCC)c1ccc(Cl)cc1. The van der Waals surface area contributed by atoms with Gasteiger partial charge in [-0.05, 0) is 54.5 Å². The minimum atomic E-state index is 0.611. The summed E-state index contributed by atoms with van der Waals surface area (Å²) in [5, 5.41) is 4.28. The van der Waals surface area contributed by atoms with Crippen molar-refractivity contribution in [3.63, 3.8) is 0 Å². The van der Waals surface area contributed by atoms with Crippen molar-refractivity contribution in [3.05, 3.63) is 34.9 Å². The minimum absolute atomic E-state index is 0.611. The smallest absolute Gasteiger partial charge is 0.0406 e. The third kappa shape index (κ3) is 6.12. The number of hydrogen-bond acceptors (Lipinski definition) is 2. The highest BCUT2D eigenvalue weighted by Gasteiger charge is 2.10. The molecule has 0 saturated heterocycles. The van der Waals surface area contributed by atoms with Gasteiger partial charge in [-0.2, -0.15) is 11.8 Å². The molecule has 102 valence electrons. The van der Waals surface area contributed by atoms with Crippen LogP contribution in [0.15, 0.2) is 24.3 Å². The maximum Gasteiger partial charge on any atom is 0.0406 e. The molecule has 1 aromatic carbocycles. The van der Waals surface area contributed by atoms with Crippen LogP contribution in [0.5, 0.6) is 0 Å². The minimum Gasteiger partial charge on any atom is -0.316 e. The first-order chi connectivity index (χ1) is 8.77. The molecule has 0 heterocycles. The zero-order valence-electron chi connectivity index (χ0n) is 11.4. The lowest BCUT2D eigenvalue weighted by Crippen LogP contribution is -2.21. The van der Waals surface area contributed by atoms with Crippen molar-refractivity contribution >= 4 is 23.4 Å². The Labute approximate surface area is 121 Å². The predicted octanol–water partition coefficient (Wildman–Crippen LogP) is 4.57. The summed E-state index contributed by atoms with van der Waals surface area (Å²) in [6.45, 7) is 6.48. The van der Waals surface area contributed by atoms with E-state index in [0.29, 0.717) is 5.92 Å². The number of halogens is 1. The molecular weight excluding hydrogens is 262 g/mol. The summed E-state index contributed by atoms with van der Waals surface area (Å²) < 4.78 is 0. The van der Waals surface area contributed by atoms with Gasteiger partial charge < -0.3 is 5.32 Å². The van der Waals surface area contributed by atoms with Crippen LogP contribution in [0.1, 0.15) is 38.2 Å². The Morgan fingerprint density at radius 2 is 1.94 bits per heavy atom. The fourth-order valence-electron chi connectivity index (χ4n) is 2.02. The molecule has 1 unspecified atom stereocenters. The quantitative estimate of drug-likeness (QED) is 0.667. The Kier molecular flexibility index (Phi) is 8.57. The van der Waals surface area contributed by atoms with Crippen molar-refractivity contribution < 1.29 is 0 Å². The van der Waals surface area contributed by atoms with E-state index in [1.165, 1.54) is 29.9 Å². The van der Waals surface area contributed by atoms with Gasteiger partial charge in [0.25, 0.3) is 0 Å². The maximum atomic E-state index is 5.95. The molecule has 1 atom stereocenters. The first-order valence-electron chi connectivity index (χ1n) is 6.81. The van der Waals surface area contributed by atoms with E-state index in [9.17, 15) is 0 Å². The normalized spacial score (nSPS) is 12.6. The molecule has 0 fully saturated rings. The van der Waals surface area contributed by atoms with Gasteiger partial charge in [-0.25, -0.2) is 0 Å². The van der Waals surface area contributed by atoms with Gasteiger partial charge in [0, 0.05) is 11.6 Å². The van der Waals surface area contributed by atoms with E-state index in [-0.39, 0.29) is 0 Å². The first-order valence-corrected chi connectivity index (χ1v) is 8.35. The number of hydrogen-bond donors (Lipinski definition) is 1. The van der Waals surface area contributed by atoms with Crippen LogP contribution in [0, 0.1) is 0 Å². The van der Waals surface area contributed by atoms with Crippen LogP contribution >= 0.6 is 23.4 Å². The standard InChI is InChI=1S/C15H24ClNS/c1-3-17-12-14(6-5-11-18-4-2)13-7-9-15(16)10-8-13/h7-10,14,17H,3-6,11-12H2,1-2H3. The first kappa shape index (κ1) is 15.9. The summed E-state index contributed by atoms with van der Waals surface area (Å²) in [5.74, 6) is 3.10. The lowest BCUT2D eigenvalue weighted by Gasteiger charge is -2.17. The summed E-state index contributed by atoms with van der Waals surface area (Å²) >= 11 is 7.98. The van der Waals surface area contributed by atoms with E-state index in [1.54, 1.807) is 0 Å². The Hall–Kier alpha value is -0.180. The van der Waals surface area contributed by atoms with Gasteiger partial charge in [-0.3, -0.25) is 0 Å². The molecule has 1 aromatic rings. The topological polar surface area (TPSA) is 12.0 Å². The lowest BCUT2D eigenvalue weighted by molar-refractivity contribution is 0.557. The zero-order chi connectivity index (χ0) is 13.2. The van der Waals surface area contributed by atoms with E-state index >= 15 is 0 Å². The molecule has 0 radical (unpaired) electrons. The summed E-state index contributed by atoms with van der Waals surface area (Å²) in [5.41, 5.74) is 1.40.